The summed E-state index contributed by atoms with van der Waals surface area (Å²) in [5.74, 6) is 0.705. The zero-order chi connectivity index (χ0) is 27.6. The third-order valence-corrected chi connectivity index (χ3v) is 8.50. The SMILES string of the molecule is CC1(C)c2ccccc2-c2ccc(-c3cccc4nc(-c5nc(-c6ccccc6)nc6ccccc56)ccc34)cc21. The van der Waals surface area contributed by atoms with Crippen LogP contribution in [0.5, 0.6) is 0 Å². The molecule has 41 heavy (non-hydrogen) atoms. The number of hydrogen-bond donors (Lipinski definition) is 0. The van der Waals surface area contributed by atoms with Crippen molar-refractivity contribution in [2.24, 2.45) is 0 Å². The minimum atomic E-state index is -0.0392. The van der Waals surface area contributed by atoms with Crippen molar-refractivity contribution < 1.29 is 0 Å². The van der Waals surface area contributed by atoms with Crippen molar-refractivity contribution >= 4 is 21.8 Å². The van der Waals surface area contributed by atoms with Gasteiger partial charge in [0, 0.05) is 21.8 Å². The van der Waals surface area contributed by atoms with Gasteiger partial charge in [0.25, 0.3) is 0 Å². The highest BCUT2D eigenvalue weighted by Gasteiger charge is 2.35. The Morgan fingerprint density at radius 2 is 1.17 bits per heavy atom. The van der Waals surface area contributed by atoms with E-state index in [1.54, 1.807) is 0 Å². The largest absolute Gasteiger partial charge is 0.246 e. The molecule has 2 heterocycles. The number of para-hydroxylation sites is 1. The summed E-state index contributed by atoms with van der Waals surface area (Å²) in [7, 11) is 0. The van der Waals surface area contributed by atoms with Crippen LogP contribution in [0.25, 0.3) is 66.8 Å². The summed E-state index contributed by atoms with van der Waals surface area (Å²) < 4.78 is 0. The van der Waals surface area contributed by atoms with Gasteiger partial charge in [-0.1, -0.05) is 111 Å². The second-order valence-electron chi connectivity index (χ2n) is 11.3. The number of hydrogen-bond acceptors (Lipinski definition) is 3. The highest BCUT2D eigenvalue weighted by Crippen LogP contribution is 2.49. The Kier molecular flexibility index (Phi) is 5.17. The molecule has 0 spiro atoms. The fraction of sp³-hybridized carbons (Fsp3) is 0.0789. The smallest absolute Gasteiger partial charge is 0.160 e. The zero-order valence-electron chi connectivity index (χ0n) is 23.0. The number of fused-ring (bicyclic) bond motifs is 5. The van der Waals surface area contributed by atoms with E-state index in [1.165, 1.54) is 33.4 Å². The molecule has 0 saturated carbocycles. The highest BCUT2D eigenvalue weighted by atomic mass is 14.9. The summed E-state index contributed by atoms with van der Waals surface area (Å²) in [5.41, 5.74) is 12.3. The summed E-state index contributed by atoms with van der Waals surface area (Å²) >= 11 is 0. The van der Waals surface area contributed by atoms with Gasteiger partial charge >= 0.3 is 0 Å². The Morgan fingerprint density at radius 1 is 0.463 bits per heavy atom. The Labute approximate surface area is 239 Å². The van der Waals surface area contributed by atoms with Gasteiger partial charge in [0.2, 0.25) is 0 Å². The number of aromatic nitrogens is 3. The van der Waals surface area contributed by atoms with E-state index < -0.39 is 0 Å². The average molecular weight is 526 g/mol. The van der Waals surface area contributed by atoms with Crippen molar-refractivity contribution in [3.05, 3.63) is 139 Å². The van der Waals surface area contributed by atoms with Gasteiger partial charge in [-0.05, 0) is 63.7 Å². The second kappa shape index (κ2) is 8.94. The van der Waals surface area contributed by atoms with E-state index in [1.807, 2.05) is 48.5 Å². The monoisotopic (exact) mass is 525 g/mol. The van der Waals surface area contributed by atoms with Crippen molar-refractivity contribution in [3.8, 4) is 45.0 Å². The summed E-state index contributed by atoms with van der Waals surface area (Å²) in [6, 6.07) is 44.7. The van der Waals surface area contributed by atoms with Gasteiger partial charge in [0.15, 0.2) is 5.82 Å². The lowest BCUT2D eigenvalue weighted by atomic mass is 9.81. The first-order valence-corrected chi connectivity index (χ1v) is 14.0. The van der Waals surface area contributed by atoms with E-state index in [-0.39, 0.29) is 5.41 Å². The molecule has 0 N–H and O–H groups in total. The summed E-state index contributed by atoms with van der Waals surface area (Å²) in [6.07, 6.45) is 0. The Balaban J connectivity index is 1.27. The first kappa shape index (κ1) is 23.7. The van der Waals surface area contributed by atoms with Gasteiger partial charge in [-0.25, -0.2) is 15.0 Å². The van der Waals surface area contributed by atoms with E-state index in [0.717, 1.165) is 38.8 Å². The molecule has 1 aliphatic rings. The fourth-order valence-electron chi connectivity index (χ4n) is 6.40. The Bertz CT molecular complexity index is 2130. The molecule has 5 aromatic carbocycles. The van der Waals surface area contributed by atoms with Crippen LogP contribution in [-0.2, 0) is 5.41 Å². The van der Waals surface area contributed by atoms with E-state index in [2.05, 4.69) is 92.7 Å². The maximum absolute atomic E-state index is 5.16. The van der Waals surface area contributed by atoms with Gasteiger partial charge in [-0.3, -0.25) is 0 Å². The number of rotatable bonds is 3. The molecule has 0 bridgehead atoms. The van der Waals surface area contributed by atoms with Crippen molar-refractivity contribution in [1.29, 1.82) is 0 Å². The minimum Gasteiger partial charge on any atom is -0.246 e. The molecule has 0 fully saturated rings. The molecule has 7 aromatic rings. The van der Waals surface area contributed by atoms with E-state index in [0.29, 0.717) is 5.82 Å². The quantitative estimate of drug-likeness (QED) is 0.231. The molecule has 0 aliphatic heterocycles. The molecule has 0 unspecified atom stereocenters. The van der Waals surface area contributed by atoms with Crippen LogP contribution in [0.4, 0.5) is 0 Å². The lowest BCUT2D eigenvalue weighted by molar-refractivity contribution is 0.660. The molecule has 0 atom stereocenters. The molecule has 0 radical (unpaired) electrons. The predicted molar refractivity (Wildman–Crippen MR) is 169 cm³/mol. The van der Waals surface area contributed by atoms with Crippen LogP contribution in [-0.4, -0.2) is 15.0 Å². The fourth-order valence-corrected chi connectivity index (χ4v) is 6.40. The summed E-state index contributed by atoms with van der Waals surface area (Å²) in [5, 5.41) is 2.13. The van der Waals surface area contributed by atoms with Gasteiger partial charge in [0.1, 0.15) is 5.69 Å². The molecule has 1 aliphatic carbocycles. The summed E-state index contributed by atoms with van der Waals surface area (Å²) in [6.45, 7) is 4.66. The Hall–Kier alpha value is -5.15. The second-order valence-corrected chi connectivity index (χ2v) is 11.3. The van der Waals surface area contributed by atoms with E-state index in [9.17, 15) is 0 Å². The van der Waals surface area contributed by atoms with Crippen molar-refractivity contribution in [2.75, 3.05) is 0 Å². The lowest BCUT2D eigenvalue weighted by Gasteiger charge is -2.22. The van der Waals surface area contributed by atoms with E-state index >= 15 is 0 Å². The van der Waals surface area contributed by atoms with Crippen LogP contribution < -0.4 is 0 Å². The molecule has 0 amide bonds. The third kappa shape index (κ3) is 3.70. The standard InChI is InChI=1S/C38H27N3/c1-38(2)31-16-8-6-13-27(31)28-20-19-25(23-32(28)38)26-15-10-18-33-29(26)21-22-35(39-33)36-30-14-7-9-17-34(30)40-37(41-36)24-11-4-3-5-12-24/h3-23H,1-2H3. The molecule has 3 nitrogen and oxygen atoms in total. The predicted octanol–water partition coefficient (Wildman–Crippen LogP) is 9.49. The number of nitrogens with zero attached hydrogens (tertiary/aromatic N) is 3. The molecular formula is C38H27N3. The summed E-state index contributed by atoms with van der Waals surface area (Å²) in [4.78, 5) is 15.1. The van der Waals surface area contributed by atoms with Crippen LogP contribution in [0, 0.1) is 0 Å². The first-order chi connectivity index (χ1) is 20.1. The maximum Gasteiger partial charge on any atom is 0.160 e. The number of benzene rings is 5. The third-order valence-electron chi connectivity index (χ3n) is 8.50. The number of pyridine rings is 1. The zero-order valence-corrected chi connectivity index (χ0v) is 23.0. The van der Waals surface area contributed by atoms with Crippen LogP contribution in [0.15, 0.2) is 127 Å². The van der Waals surface area contributed by atoms with Crippen LogP contribution in [0.3, 0.4) is 0 Å². The van der Waals surface area contributed by atoms with Crippen LogP contribution in [0.1, 0.15) is 25.0 Å². The average Bonchev–Trinajstić information content (AvgIpc) is 3.26. The van der Waals surface area contributed by atoms with Crippen molar-refractivity contribution in [1.82, 2.24) is 15.0 Å². The maximum atomic E-state index is 5.16. The molecule has 194 valence electrons. The van der Waals surface area contributed by atoms with Gasteiger partial charge in [0.05, 0.1) is 16.7 Å². The molecule has 3 heteroatoms. The normalized spacial score (nSPS) is 13.3. The van der Waals surface area contributed by atoms with E-state index in [4.69, 9.17) is 15.0 Å². The minimum absolute atomic E-state index is 0.0392. The Morgan fingerprint density at radius 3 is 2.07 bits per heavy atom. The van der Waals surface area contributed by atoms with Crippen LogP contribution >= 0.6 is 0 Å². The molecule has 0 saturated heterocycles. The van der Waals surface area contributed by atoms with Crippen molar-refractivity contribution in [2.45, 2.75) is 19.3 Å². The molecular weight excluding hydrogens is 498 g/mol. The lowest BCUT2D eigenvalue weighted by Crippen LogP contribution is -2.14. The van der Waals surface area contributed by atoms with Gasteiger partial charge in [-0.2, -0.15) is 0 Å². The topological polar surface area (TPSA) is 38.7 Å². The molecule has 2 aromatic heterocycles. The highest BCUT2D eigenvalue weighted by molar-refractivity contribution is 5.99. The van der Waals surface area contributed by atoms with Gasteiger partial charge in [-0.15, -0.1) is 0 Å². The molecule has 8 rings (SSSR count). The first-order valence-electron chi connectivity index (χ1n) is 14.0. The van der Waals surface area contributed by atoms with Crippen LogP contribution in [0.2, 0.25) is 0 Å². The van der Waals surface area contributed by atoms with Gasteiger partial charge < -0.3 is 0 Å². The van der Waals surface area contributed by atoms with Crippen molar-refractivity contribution in [3.63, 3.8) is 0 Å².